The third kappa shape index (κ3) is 4.26. The van der Waals surface area contributed by atoms with E-state index in [1.165, 1.54) is 19.1 Å². The quantitative estimate of drug-likeness (QED) is 0.722. The molecule has 5 nitrogen and oxygen atoms in total. The Morgan fingerprint density at radius 2 is 2.21 bits per heavy atom. The summed E-state index contributed by atoms with van der Waals surface area (Å²) in [6.45, 7) is 1.27. The van der Waals surface area contributed by atoms with Gasteiger partial charge in [0, 0.05) is 12.7 Å². The SMILES string of the molecule is CC(=O)NC(CS)C(=O)Nc1ccc(C#N)cc1F. The molecule has 2 N–H and O–H groups in total. The van der Waals surface area contributed by atoms with Gasteiger partial charge in [-0.3, -0.25) is 9.59 Å². The predicted octanol–water partition coefficient (Wildman–Crippen LogP) is 1.07. The monoisotopic (exact) mass is 281 g/mol. The van der Waals surface area contributed by atoms with Crippen LogP contribution in [-0.4, -0.2) is 23.6 Å². The summed E-state index contributed by atoms with van der Waals surface area (Å²) in [5, 5.41) is 13.3. The van der Waals surface area contributed by atoms with Crippen molar-refractivity contribution in [3.8, 4) is 6.07 Å². The first-order chi connectivity index (χ1) is 8.97. The maximum atomic E-state index is 13.6. The van der Waals surface area contributed by atoms with E-state index < -0.39 is 17.8 Å². The zero-order valence-electron chi connectivity index (χ0n) is 10.1. The van der Waals surface area contributed by atoms with E-state index in [1.54, 1.807) is 6.07 Å². The van der Waals surface area contributed by atoms with Gasteiger partial charge in [-0.05, 0) is 18.2 Å². The lowest BCUT2D eigenvalue weighted by Gasteiger charge is -2.15. The van der Waals surface area contributed by atoms with Crippen molar-refractivity contribution in [2.24, 2.45) is 0 Å². The van der Waals surface area contributed by atoms with Crippen molar-refractivity contribution in [1.82, 2.24) is 5.32 Å². The second kappa shape index (κ2) is 6.75. The maximum absolute atomic E-state index is 13.6. The van der Waals surface area contributed by atoms with E-state index >= 15 is 0 Å². The number of benzene rings is 1. The van der Waals surface area contributed by atoms with Crippen LogP contribution in [0.1, 0.15) is 12.5 Å². The van der Waals surface area contributed by atoms with Crippen molar-refractivity contribution in [2.75, 3.05) is 11.1 Å². The Balaban J connectivity index is 2.81. The van der Waals surface area contributed by atoms with E-state index in [9.17, 15) is 14.0 Å². The van der Waals surface area contributed by atoms with Crippen molar-refractivity contribution >= 4 is 30.1 Å². The molecule has 0 aliphatic heterocycles. The highest BCUT2D eigenvalue weighted by Gasteiger charge is 2.18. The topological polar surface area (TPSA) is 82.0 Å². The van der Waals surface area contributed by atoms with Gasteiger partial charge in [-0.25, -0.2) is 4.39 Å². The first kappa shape index (κ1) is 15.0. The molecule has 0 aromatic heterocycles. The molecule has 0 spiro atoms. The minimum atomic E-state index is -0.851. The van der Waals surface area contributed by atoms with Crippen molar-refractivity contribution in [3.63, 3.8) is 0 Å². The lowest BCUT2D eigenvalue weighted by molar-refractivity contribution is -0.124. The van der Waals surface area contributed by atoms with E-state index in [1.807, 2.05) is 0 Å². The molecule has 100 valence electrons. The minimum Gasteiger partial charge on any atom is -0.344 e. The summed E-state index contributed by atoms with van der Waals surface area (Å²) in [4.78, 5) is 22.7. The van der Waals surface area contributed by atoms with Crippen LogP contribution in [0.5, 0.6) is 0 Å². The molecule has 1 atom stereocenters. The van der Waals surface area contributed by atoms with Gasteiger partial charge in [-0.2, -0.15) is 17.9 Å². The Hall–Kier alpha value is -2.07. The van der Waals surface area contributed by atoms with Crippen LogP contribution in [0.4, 0.5) is 10.1 Å². The van der Waals surface area contributed by atoms with E-state index in [4.69, 9.17) is 5.26 Å². The number of carbonyl (C=O) groups is 2. The van der Waals surface area contributed by atoms with E-state index in [0.29, 0.717) is 0 Å². The Labute approximate surface area is 115 Å². The fourth-order valence-electron chi connectivity index (χ4n) is 1.35. The Kier molecular flexibility index (Phi) is 5.33. The van der Waals surface area contributed by atoms with Gasteiger partial charge in [-0.1, -0.05) is 0 Å². The third-order valence-corrected chi connectivity index (χ3v) is 2.60. The summed E-state index contributed by atoms with van der Waals surface area (Å²) in [6, 6.07) is 4.62. The number of halogens is 1. The van der Waals surface area contributed by atoms with Crippen molar-refractivity contribution in [2.45, 2.75) is 13.0 Å². The summed E-state index contributed by atoms with van der Waals surface area (Å²) >= 11 is 3.94. The first-order valence-electron chi connectivity index (χ1n) is 5.36. The molecule has 0 aliphatic rings. The van der Waals surface area contributed by atoms with E-state index in [-0.39, 0.29) is 22.9 Å². The molecule has 2 amide bonds. The zero-order valence-corrected chi connectivity index (χ0v) is 11.0. The number of carbonyl (C=O) groups excluding carboxylic acids is 2. The van der Waals surface area contributed by atoms with Crippen LogP contribution in [-0.2, 0) is 9.59 Å². The van der Waals surface area contributed by atoms with Gasteiger partial charge in [0.2, 0.25) is 11.8 Å². The molecule has 7 heteroatoms. The highest BCUT2D eigenvalue weighted by atomic mass is 32.1. The average Bonchev–Trinajstić information content (AvgIpc) is 2.37. The van der Waals surface area contributed by atoms with Crippen LogP contribution < -0.4 is 10.6 Å². The second-order valence-corrected chi connectivity index (χ2v) is 4.10. The number of thiol groups is 1. The van der Waals surface area contributed by atoms with Crippen LogP contribution in [0, 0.1) is 17.1 Å². The van der Waals surface area contributed by atoms with Crippen LogP contribution in [0.3, 0.4) is 0 Å². The Morgan fingerprint density at radius 3 is 2.68 bits per heavy atom. The number of nitrogens with zero attached hydrogens (tertiary/aromatic N) is 1. The number of nitrogens with one attached hydrogen (secondary N) is 2. The zero-order chi connectivity index (χ0) is 14.4. The summed E-state index contributed by atoms with van der Waals surface area (Å²) in [7, 11) is 0. The van der Waals surface area contributed by atoms with Gasteiger partial charge in [0.15, 0.2) is 0 Å². The predicted molar refractivity (Wildman–Crippen MR) is 71.2 cm³/mol. The van der Waals surface area contributed by atoms with Gasteiger partial charge in [0.05, 0.1) is 17.3 Å². The van der Waals surface area contributed by atoms with Crippen LogP contribution >= 0.6 is 12.6 Å². The Morgan fingerprint density at radius 1 is 1.53 bits per heavy atom. The lowest BCUT2D eigenvalue weighted by Crippen LogP contribution is -2.44. The average molecular weight is 281 g/mol. The summed E-state index contributed by atoms with van der Waals surface area (Å²) in [5.74, 6) is -1.58. The molecule has 1 rings (SSSR count). The number of hydrogen-bond donors (Lipinski definition) is 3. The summed E-state index contributed by atoms with van der Waals surface area (Å²) < 4.78 is 13.6. The molecule has 19 heavy (non-hydrogen) atoms. The molecule has 0 saturated carbocycles. The number of rotatable bonds is 4. The number of hydrogen-bond acceptors (Lipinski definition) is 4. The standard InChI is InChI=1S/C12H12FN3O2S/c1-7(17)15-11(6-19)12(18)16-10-3-2-8(5-14)4-9(10)13/h2-4,11,19H,6H2,1H3,(H,15,17)(H,16,18). The third-order valence-electron chi connectivity index (χ3n) is 2.23. The molecule has 1 aromatic carbocycles. The normalized spacial score (nSPS) is 11.3. The van der Waals surface area contributed by atoms with Gasteiger partial charge < -0.3 is 10.6 Å². The van der Waals surface area contributed by atoms with Gasteiger partial charge in [0.25, 0.3) is 0 Å². The van der Waals surface area contributed by atoms with Crippen molar-refractivity contribution in [1.29, 1.82) is 5.26 Å². The minimum absolute atomic E-state index is 0.0545. The maximum Gasteiger partial charge on any atom is 0.247 e. The molecule has 0 fully saturated rings. The van der Waals surface area contributed by atoms with Crippen molar-refractivity contribution in [3.05, 3.63) is 29.6 Å². The smallest absolute Gasteiger partial charge is 0.247 e. The first-order valence-corrected chi connectivity index (χ1v) is 5.99. The summed E-state index contributed by atoms with van der Waals surface area (Å²) in [5.41, 5.74) is 0.101. The fraction of sp³-hybridized carbons (Fsp3) is 0.250. The van der Waals surface area contributed by atoms with E-state index in [2.05, 4.69) is 23.3 Å². The molecule has 0 bridgehead atoms. The second-order valence-electron chi connectivity index (χ2n) is 3.73. The molecular weight excluding hydrogens is 269 g/mol. The van der Waals surface area contributed by atoms with Gasteiger partial charge >= 0.3 is 0 Å². The molecule has 0 radical (unpaired) electrons. The molecular formula is C12H12FN3O2S. The Bertz CT molecular complexity index is 542. The number of nitriles is 1. The van der Waals surface area contributed by atoms with Gasteiger partial charge in [-0.15, -0.1) is 0 Å². The molecule has 0 heterocycles. The van der Waals surface area contributed by atoms with Crippen LogP contribution in [0.2, 0.25) is 0 Å². The van der Waals surface area contributed by atoms with Crippen molar-refractivity contribution < 1.29 is 14.0 Å². The van der Waals surface area contributed by atoms with Crippen LogP contribution in [0.25, 0.3) is 0 Å². The molecule has 1 unspecified atom stereocenters. The highest BCUT2D eigenvalue weighted by molar-refractivity contribution is 7.80. The largest absolute Gasteiger partial charge is 0.344 e. The number of amides is 2. The lowest BCUT2D eigenvalue weighted by atomic mass is 10.2. The van der Waals surface area contributed by atoms with Crippen LogP contribution in [0.15, 0.2) is 18.2 Å². The summed E-state index contributed by atoms with van der Waals surface area (Å²) in [6.07, 6.45) is 0. The van der Waals surface area contributed by atoms with Gasteiger partial charge in [0.1, 0.15) is 11.9 Å². The highest BCUT2D eigenvalue weighted by Crippen LogP contribution is 2.15. The molecule has 0 saturated heterocycles. The molecule has 1 aromatic rings. The fourth-order valence-corrected chi connectivity index (χ4v) is 1.60. The molecule has 0 aliphatic carbocycles. The van der Waals surface area contributed by atoms with E-state index in [0.717, 1.165) is 6.07 Å². The number of anilines is 1.